The Balaban J connectivity index is 2.54. The van der Waals surface area contributed by atoms with Crippen LogP contribution in [0.25, 0.3) is 0 Å². The zero-order valence-corrected chi connectivity index (χ0v) is 10.1. The van der Waals surface area contributed by atoms with E-state index in [4.69, 9.17) is 9.66 Å². The van der Waals surface area contributed by atoms with Gasteiger partial charge in [-0.25, -0.2) is 4.79 Å². The monoisotopic (exact) mass is 275 g/mol. The van der Waals surface area contributed by atoms with E-state index in [0.717, 1.165) is 0 Å². The lowest BCUT2D eigenvalue weighted by atomic mass is 10.2. The minimum absolute atomic E-state index is 0.195. The number of phenols is 1. The average molecular weight is 275 g/mol. The number of rotatable bonds is 6. The molecule has 0 amide bonds. The van der Waals surface area contributed by atoms with Crippen LogP contribution in [0.2, 0.25) is 0 Å². The lowest BCUT2D eigenvalue weighted by Gasteiger charge is -2.07. The van der Waals surface area contributed by atoms with Crippen LogP contribution in [-0.4, -0.2) is 41.5 Å². The zero-order chi connectivity index (χ0) is 13.8. The Morgan fingerprint density at radius 3 is 2.50 bits per heavy atom. The van der Waals surface area contributed by atoms with E-state index < -0.39 is 16.1 Å². The largest absolute Gasteiger partial charge is 0.507 e. The standard InChI is InChI=1S/C10H13NO6S/c12-9-6-7(2-3-8(9)10(13)14)11-4-1-5-18(15,16)17/h2-3,6,11-12H,1,4-5H2,(H,13,14)(H,15,16,17). The Morgan fingerprint density at radius 1 is 1.33 bits per heavy atom. The number of nitrogens with one attached hydrogen (secondary N) is 1. The summed E-state index contributed by atoms with van der Waals surface area (Å²) in [6, 6.07) is 3.93. The molecule has 0 spiro atoms. The highest BCUT2D eigenvalue weighted by atomic mass is 32.2. The molecule has 0 unspecified atom stereocenters. The molecule has 0 fully saturated rings. The summed E-state index contributed by atoms with van der Waals surface area (Å²) in [6.45, 7) is 0.269. The first-order valence-electron chi connectivity index (χ1n) is 5.05. The number of aromatic carboxylic acids is 1. The molecule has 0 aliphatic rings. The molecule has 0 bridgehead atoms. The summed E-state index contributed by atoms with van der Waals surface area (Å²) in [4.78, 5) is 10.6. The molecule has 18 heavy (non-hydrogen) atoms. The van der Waals surface area contributed by atoms with Crippen molar-refractivity contribution in [1.82, 2.24) is 0 Å². The van der Waals surface area contributed by atoms with E-state index in [-0.39, 0.29) is 30.0 Å². The van der Waals surface area contributed by atoms with Crippen molar-refractivity contribution in [2.45, 2.75) is 6.42 Å². The van der Waals surface area contributed by atoms with E-state index in [1.54, 1.807) is 0 Å². The van der Waals surface area contributed by atoms with E-state index in [1.165, 1.54) is 18.2 Å². The number of aromatic hydroxyl groups is 1. The van der Waals surface area contributed by atoms with Crippen molar-refractivity contribution in [1.29, 1.82) is 0 Å². The van der Waals surface area contributed by atoms with Gasteiger partial charge in [-0.05, 0) is 18.6 Å². The van der Waals surface area contributed by atoms with Crippen molar-refractivity contribution in [3.63, 3.8) is 0 Å². The number of anilines is 1. The van der Waals surface area contributed by atoms with Gasteiger partial charge in [0.05, 0.1) is 5.75 Å². The Morgan fingerprint density at radius 2 is 2.00 bits per heavy atom. The predicted octanol–water partition coefficient (Wildman–Crippen LogP) is 0.780. The van der Waals surface area contributed by atoms with Gasteiger partial charge in [0.1, 0.15) is 11.3 Å². The molecule has 0 aliphatic heterocycles. The lowest BCUT2D eigenvalue weighted by molar-refractivity contribution is 0.0693. The van der Waals surface area contributed by atoms with E-state index in [2.05, 4.69) is 5.32 Å². The molecular weight excluding hydrogens is 262 g/mol. The highest BCUT2D eigenvalue weighted by molar-refractivity contribution is 7.85. The second kappa shape index (κ2) is 5.69. The van der Waals surface area contributed by atoms with Gasteiger partial charge >= 0.3 is 5.97 Å². The van der Waals surface area contributed by atoms with Crippen LogP contribution in [0.4, 0.5) is 5.69 Å². The predicted molar refractivity (Wildman–Crippen MR) is 64.6 cm³/mol. The van der Waals surface area contributed by atoms with Gasteiger partial charge in [0.2, 0.25) is 0 Å². The summed E-state index contributed by atoms with van der Waals surface area (Å²) in [5, 5.41) is 20.9. The SMILES string of the molecule is O=C(O)c1ccc(NCCCS(=O)(=O)O)cc1O. The highest BCUT2D eigenvalue weighted by Gasteiger charge is 2.09. The summed E-state index contributed by atoms with van der Waals surface area (Å²) < 4.78 is 29.4. The van der Waals surface area contributed by atoms with E-state index >= 15 is 0 Å². The Kier molecular flexibility index (Phi) is 4.51. The van der Waals surface area contributed by atoms with Gasteiger partial charge in [-0.1, -0.05) is 0 Å². The lowest BCUT2D eigenvalue weighted by Crippen LogP contribution is -2.10. The van der Waals surface area contributed by atoms with Crippen molar-refractivity contribution >= 4 is 21.8 Å². The maximum atomic E-state index is 10.6. The number of carboxylic acid groups (broad SMARTS) is 1. The number of carbonyl (C=O) groups is 1. The number of carboxylic acids is 1. The maximum Gasteiger partial charge on any atom is 0.339 e. The van der Waals surface area contributed by atoms with Crippen LogP contribution in [0.3, 0.4) is 0 Å². The number of benzene rings is 1. The van der Waals surface area contributed by atoms with Crippen LogP contribution >= 0.6 is 0 Å². The second-order valence-corrected chi connectivity index (χ2v) is 5.18. The van der Waals surface area contributed by atoms with E-state index in [9.17, 15) is 18.3 Å². The number of hydrogen-bond donors (Lipinski definition) is 4. The molecule has 0 saturated heterocycles. The Hall–Kier alpha value is -1.80. The number of hydrogen-bond acceptors (Lipinski definition) is 5. The molecule has 0 atom stereocenters. The molecule has 7 nitrogen and oxygen atoms in total. The quantitative estimate of drug-likeness (QED) is 0.446. The molecule has 0 aliphatic carbocycles. The van der Waals surface area contributed by atoms with Gasteiger partial charge in [-0.15, -0.1) is 0 Å². The second-order valence-electron chi connectivity index (χ2n) is 3.60. The van der Waals surface area contributed by atoms with Crippen molar-refractivity contribution in [3.05, 3.63) is 23.8 Å². The first-order valence-corrected chi connectivity index (χ1v) is 6.66. The average Bonchev–Trinajstić information content (AvgIpc) is 2.22. The van der Waals surface area contributed by atoms with Gasteiger partial charge in [-0.2, -0.15) is 8.42 Å². The molecule has 1 aromatic rings. The summed E-state index contributed by atoms with van der Waals surface area (Å²) in [7, 11) is -3.97. The normalized spacial score (nSPS) is 11.2. The molecule has 0 aromatic heterocycles. The van der Waals surface area contributed by atoms with Gasteiger partial charge in [0.15, 0.2) is 0 Å². The van der Waals surface area contributed by atoms with Crippen molar-refractivity contribution < 1.29 is 28.0 Å². The van der Waals surface area contributed by atoms with Gasteiger partial charge in [-0.3, -0.25) is 4.55 Å². The first kappa shape index (κ1) is 14.3. The summed E-state index contributed by atoms with van der Waals surface area (Å²) in [5.74, 6) is -1.97. The summed E-state index contributed by atoms with van der Waals surface area (Å²) in [5.41, 5.74) is 0.256. The van der Waals surface area contributed by atoms with E-state index in [1.807, 2.05) is 0 Å². The van der Waals surface area contributed by atoms with Gasteiger partial charge in [0.25, 0.3) is 10.1 Å². The summed E-state index contributed by atoms with van der Waals surface area (Å²) in [6.07, 6.45) is 0.195. The Labute approximate surface area is 104 Å². The fourth-order valence-corrected chi connectivity index (χ4v) is 1.82. The topological polar surface area (TPSA) is 124 Å². The molecule has 1 aromatic carbocycles. The van der Waals surface area contributed by atoms with Crippen LogP contribution in [0.5, 0.6) is 5.75 Å². The Bertz CT molecular complexity index is 539. The molecule has 0 radical (unpaired) electrons. The smallest absolute Gasteiger partial charge is 0.339 e. The highest BCUT2D eigenvalue weighted by Crippen LogP contribution is 2.21. The van der Waals surface area contributed by atoms with Crippen LogP contribution in [0, 0.1) is 0 Å². The van der Waals surface area contributed by atoms with Crippen LogP contribution in [0.1, 0.15) is 16.8 Å². The minimum Gasteiger partial charge on any atom is -0.507 e. The molecule has 0 saturated carbocycles. The van der Waals surface area contributed by atoms with Crippen molar-refractivity contribution in [2.24, 2.45) is 0 Å². The van der Waals surface area contributed by atoms with Crippen LogP contribution < -0.4 is 5.32 Å². The molecule has 0 heterocycles. The molecule has 1 rings (SSSR count). The van der Waals surface area contributed by atoms with Crippen molar-refractivity contribution in [2.75, 3.05) is 17.6 Å². The minimum atomic E-state index is -3.97. The van der Waals surface area contributed by atoms with Gasteiger partial charge in [0, 0.05) is 18.3 Å². The zero-order valence-electron chi connectivity index (χ0n) is 9.33. The third-order valence-electron chi connectivity index (χ3n) is 2.14. The molecule has 100 valence electrons. The fourth-order valence-electron chi connectivity index (χ4n) is 1.31. The van der Waals surface area contributed by atoms with Crippen LogP contribution in [0.15, 0.2) is 18.2 Å². The van der Waals surface area contributed by atoms with Crippen molar-refractivity contribution in [3.8, 4) is 5.75 Å². The molecule has 8 heteroatoms. The molecular formula is C10H13NO6S. The summed E-state index contributed by atoms with van der Waals surface area (Å²) >= 11 is 0. The third kappa shape index (κ3) is 4.60. The van der Waals surface area contributed by atoms with Gasteiger partial charge < -0.3 is 15.5 Å². The first-order chi connectivity index (χ1) is 8.29. The maximum absolute atomic E-state index is 10.6. The molecule has 4 N–H and O–H groups in total. The van der Waals surface area contributed by atoms with Crippen LogP contribution in [-0.2, 0) is 10.1 Å². The third-order valence-corrected chi connectivity index (χ3v) is 2.94. The fraction of sp³-hybridized carbons (Fsp3) is 0.300. The van der Waals surface area contributed by atoms with E-state index in [0.29, 0.717) is 5.69 Å².